The van der Waals surface area contributed by atoms with Gasteiger partial charge in [0.15, 0.2) is 17.0 Å². The van der Waals surface area contributed by atoms with Crippen LogP contribution in [0.25, 0.3) is 44.6 Å². The predicted molar refractivity (Wildman–Crippen MR) is 284 cm³/mol. The van der Waals surface area contributed by atoms with E-state index >= 15 is 0 Å². The van der Waals surface area contributed by atoms with Gasteiger partial charge in [-0.3, -0.25) is 14.4 Å². The molecular formula is C54H62ClN11O8. The third kappa shape index (κ3) is 12.9. The summed E-state index contributed by atoms with van der Waals surface area (Å²) in [6.45, 7) is 2.96. The number of carboxylic acids is 1. The van der Waals surface area contributed by atoms with Crippen LogP contribution in [-0.2, 0) is 20.8 Å². The van der Waals surface area contributed by atoms with Crippen LogP contribution in [0.15, 0.2) is 89.6 Å². The fourth-order valence-corrected chi connectivity index (χ4v) is 8.97. The van der Waals surface area contributed by atoms with Crippen molar-refractivity contribution in [2.75, 3.05) is 102 Å². The Kier molecular flexibility index (Phi) is 17.7. The summed E-state index contributed by atoms with van der Waals surface area (Å²) >= 11 is 5.58. The van der Waals surface area contributed by atoms with Crippen LogP contribution in [0.2, 0.25) is 0 Å². The van der Waals surface area contributed by atoms with E-state index in [1.54, 1.807) is 24.3 Å². The molecule has 20 heteroatoms. The largest absolute Gasteiger partial charge is 0.545 e. The van der Waals surface area contributed by atoms with Crippen molar-refractivity contribution < 1.29 is 38.2 Å². The number of halogens is 1. The molecule has 3 heterocycles. The molecule has 3 aromatic carbocycles. The fraction of sp³-hybridized carbons (Fsp3) is 0.370. The molecule has 388 valence electrons. The van der Waals surface area contributed by atoms with Crippen LogP contribution >= 0.6 is 11.6 Å². The molecule has 1 saturated carbocycles. The number of amides is 3. The molecule has 19 nitrogen and oxygen atoms in total. The number of aromatic nitrogens is 4. The van der Waals surface area contributed by atoms with Gasteiger partial charge in [0.05, 0.1) is 44.8 Å². The van der Waals surface area contributed by atoms with Gasteiger partial charge in [-0.15, -0.1) is 11.6 Å². The summed E-state index contributed by atoms with van der Waals surface area (Å²) in [6, 6.07) is 23.8. The SMILES string of the molecule is CN(C)c1ccc2c(-c3ccc(C(=O)NCCOCCOCCNC(=O)c4ccc(CNc5nc(NCCCNC(=O)CCl)nc6c5ncn6C5CCCC5)cc4)cc3C(=O)[O-])c3ccc(=[N+](C)C)cc-3oc2c1. The fourth-order valence-electron chi connectivity index (χ4n) is 8.88. The molecule has 5 aromatic rings. The van der Waals surface area contributed by atoms with E-state index in [2.05, 4.69) is 31.2 Å². The molecule has 8 rings (SSSR count). The molecule has 0 bridgehead atoms. The number of nitrogens with one attached hydrogen (secondary N) is 5. The molecule has 74 heavy (non-hydrogen) atoms. The maximum atomic E-state index is 13.2. The van der Waals surface area contributed by atoms with Crippen molar-refractivity contribution in [1.82, 2.24) is 40.0 Å². The summed E-state index contributed by atoms with van der Waals surface area (Å²) in [5.41, 5.74) is 6.21. The van der Waals surface area contributed by atoms with Gasteiger partial charge in [0.2, 0.25) is 17.2 Å². The quantitative estimate of drug-likeness (QED) is 0.0235. The third-order valence-corrected chi connectivity index (χ3v) is 13.1. The summed E-state index contributed by atoms with van der Waals surface area (Å²) < 4.78 is 21.8. The van der Waals surface area contributed by atoms with Gasteiger partial charge in [0.25, 0.3) is 11.8 Å². The molecule has 0 saturated heterocycles. The molecule has 2 aromatic heterocycles. The van der Waals surface area contributed by atoms with Crippen LogP contribution in [0.5, 0.6) is 0 Å². The topological polar surface area (TPSA) is 233 Å². The smallest absolute Gasteiger partial charge is 0.251 e. The number of anilines is 3. The lowest BCUT2D eigenvalue weighted by molar-refractivity contribution is -0.254. The first kappa shape index (κ1) is 52.7. The summed E-state index contributed by atoms with van der Waals surface area (Å²) in [4.78, 5) is 66.5. The van der Waals surface area contributed by atoms with Crippen molar-refractivity contribution in [1.29, 1.82) is 0 Å². The average molecular weight is 1030 g/mol. The number of rotatable bonds is 24. The lowest BCUT2D eigenvalue weighted by atomic mass is 9.89. The second-order valence-electron chi connectivity index (χ2n) is 18.4. The van der Waals surface area contributed by atoms with Gasteiger partial charge in [0.1, 0.15) is 31.3 Å². The Morgan fingerprint density at radius 2 is 1.50 bits per heavy atom. The number of carbonyl (C=O) groups is 4. The number of nitrogens with zero attached hydrogens (tertiary/aromatic N) is 6. The second-order valence-corrected chi connectivity index (χ2v) is 18.7. The van der Waals surface area contributed by atoms with Crippen molar-refractivity contribution in [3.63, 3.8) is 0 Å². The predicted octanol–water partition coefficient (Wildman–Crippen LogP) is 4.88. The van der Waals surface area contributed by atoms with Crippen LogP contribution < -0.4 is 46.5 Å². The average Bonchev–Trinajstić information content (AvgIpc) is 4.11. The van der Waals surface area contributed by atoms with Gasteiger partial charge in [-0.1, -0.05) is 31.0 Å². The highest BCUT2D eigenvalue weighted by atomic mass is 35.5. The van der Waals surface area contributed by atoms with Gasteiger partial charge in [0, 0.05) is 104 Å². The second kappa shape index (κ2) is 24.9. The lowest BCUT2D eigenvalue weighted by Gasteiger charge is -2.20. The standard InChI is InChI=1S/C54H62ClN11O8/c1-64(2)38-15-18-41-44(29-38)74-45-30-39(65(3)4)16-19-42(45)47(41)40-17-14-36(28-43(40)53(70)71)52(69)58-23-25-73-27-26-72-24-22-57-51(68)35-12-10-34(11-13-35)32-60-49-48-50(66(33-61-48)37-8-5-6-9-37)63-54(62-49)59-21-7-20-56-46(67)31-55/h10-19,28-30,33,37H,5-9,20-27,31-32H2,1-4H3,(H5-,56,57,58,59,60,62,63,67,68,69,70,71). The van der Waals surface area contributed by atoms with Gasteiger partial charge >= 0.3 is 0 Å². The number of alkyl halides is 1. The Labute approximate surface area is 433 Å². The number of hydrogen-bond donors (Lipinski definition) is 5. The summed E-state index contributed by atoms with van der Waals surface area (Å²) in [6.07, 6.45) is 7.02. The van der Waals surface area contributed by atoms with E-state index in [-0.39, 0.29) is 61.8 Å². The van der Waals surface area contributed by atoms with E-state index in [9.17, 15) is 24.3 Å². The number of ether oxygens (including phenoxy) is 2. The van der Waals surface area contributed by atoms with E-state index < -0.39 is 11.9 Å². The van der Waals surface area contributed by atoms with Crippen LogP contribution in [0.3, 0.4) is 0 Å². The van der Waals surface area contributed by atoms with Crippen molar-refractivity contribution in [2.24, 2.45) is 0 Å². The van der Waals surface area contributed by atoms with Gasteiger partial charge in [-0.05, 0) is 72.9 Å². The van der Waals surface area contributed by atoms with Crippen molar-refractivity contribution in [3.05, 3.63) is 113 Å². The monoisotopic (exact) mass is 1030 g/mol. The molecule has 2 aliphatic carbocycles. The van der Waals surface area contributed by atoms with Gasteiger partial charge in [-0.2, -0.15) is 9.97 Å². The molecule has 0 atom stereocenters. The molecule has 0 radical (unpaired) electrons. The number of hydrogen-bond acceptors (Lipinski definition) is 14. The Hall–Kier alpha value is -7.61. The number of aromatic carboxylic acids is 1. The number of carboxylic acid groups (broad SMARTS) is 1. The first-order valence-electron chi connectivity index (χ1n) is 24.8. The number of fused-ring (bicyclic) bond motifs is 3. The minimum Gasteiger partial charge on any atom is -0.545 e. The van der Waals surface area contributed by atoms with Crippen molar-refractivity contribution >= 4 is 74.9 Å². The maximum absolute atomic E-state index is 13.2. The molecule has 0 unspecified atom stereocenters. The Balaban J connectivity index is 0.767. The zero-order valence-corrected chi connectivity index (χ0v) is 42.9. The summed E-state index contributed by atoms with van der Waals surface area (Å²) in [7, 11) is 7.73. The van der Waals surface area contributed by atoms with Crippen LogP contribution in [0, 0.1) is 0 Å². The van der Waals surface area contributed by atoms with E-state index in [0.29, 0.717) is 94.9 Å². The van der Waals surface area contributed by atoms with Gasteiger partial charge < -0.3 is 59.8 Å². The Bertz CT molecular complexity index is 3160. The zero-order valence-electron chi connectivity index (χ0n) is 42.1. The molecular weight excluding hydrogens is 966 g/mol. The van der Waals surface area contributed by atoms with Crippen LogP contribution in [-0.4, -0.2) is 130 Å². The Morgan fingerprint density at radius 3 is 2.19 bits per heavy atom. The molecule has 3 aliphatic rings. The van der Waals surface area contributed by atoms with Gasteiger partial charge in [-0.25, -0.2) is 9.56 Å². The number of benzene rings is 4. The molecule has 1 fully saturated rings. The van der Waals surface area contributed by atoms with Crippen molar-refractivity contribution in [3.8, 4) is 22.5 Å². The molecule has 5 N–H and O–H groups in total. The first-order valence-corrected chi connectivity index (χ1v) is 25.3. The Morgan fingerprint density at radius 1 is 0.797 bits per heavy atom. The maximum Gasteiger partial charge on any atom is 0.251 e. The highest BCUT2D eigenvalue weighted by Crippen LogP contribution is 2.42. The van der Waals surface area contributed by atoms with Crippen LogP contribution in [0.4, 0.5) is 17.5 Å². The minimum absolute atomic E-state index is 0.0738. The number of carbonyl (C=O) groups excluding carboxylic acids is 4. The van der Waals surface area contributed by atoms with Crippen molar-refractivity contribution in [2.45, 2.75) is 44.7 Å². The highest BCUT2D eigenvalue weighted by Gasteiger charge is 2.24. The molecule has 0 spiro atoms. The van der Waals surface area contributed by atoms with Crippen LogP contribution in [0.1, 0.15) is 74.8 Å². The van der Waals surface area contributed by atoms with E-state index in [0.717, 1.165) is 35.1 Å². The van der Waals surface area contributed by atoms with E-state index in [1.165, 1.54) is 18.9 Å². The third-order valence-electron chi connectivity index (χ3n) is 12.8. The normalized spacial score (nSPS) is 12.6. The first-order chi connectivity index (χ1) is 35.9. The lowest BCUT2D eigenvalue weighted by Crippen LogP contribution is -2.29. The van der Waals surface area contributed by atoms with E-state index in [4.69, 9.17) is 40.4 Å². The highest BCUT2D eigenvalue weighted by molar-refractivity contribution is 6.27. The summed E-state index contributed by atoms with van der Waals surface area (Å²) in [5, 5.41) is 29.4. The zero-order chi connectivity index (χ0) is 52.1. The summed E-state index contributed by atoms with van der Waals surface area (Å²) in [5.74, 6) is -0.744. The number of imidazole rings is 1. The van der Waals surface area contributed by atoms with E-state index in [1.807, 2.05) is 92.5 Å². The molecule has 1 aliphatic heterocycles. The molecule has 3 amide bonds. The minimum atomic E-state index is -1.41.